The van der Waals surface area contributed by atoms with E-state index in [0.29, 0.717) is 0 Å². The second kappa shape index (κ2) is 3.30. The lowest BCUT2D eigenvalue weighted by molar-refractivity contribution is 0.285. The highest BCUT2D eigenvalue weighted by Gasteiger charge is 2.15. The van der Waals surface area contributed by atoms with Crippen LogP contribution in [0.4, 0.5) is 0 Å². The number of hydrogen-bond acceptors (Lipinski definition) is 4. The first-order valence-corrected chi connectivity index (χ1v) is 3.65. The van der Waals surface area contributed by atoms with Crippen molar-refractivity contribution in [3.05, 3.63) is 22.9 Å². The average molecular weight is 167 g/mol. The summed E-state index contributed by atoms with van der Waals surface area (Å²) >= 11 is 0. The van der Waals surface area contributed by atoms with Crippen molar-refractivity contribution >= 4 is 6.72 Å². The fourth-order valence-corrected chi connectivity index (χ4v) is 1.09. The molecule has 0 fully saturated rings. The van der Waals surface area contributed by atoms with E-state index in [1.807, 2.05) is 13.8 Å². The first-order valence-electron chi connectivity index (χ1n) is 3.65. The van der Waals surface area contributed by atoms with Crippen molar-refractivity contribution in [2.75, 3.05) is 7.11 Å². The van der Waals surface area contributed by atoms with E-state index < -0.39 is 0 Å². The van der Waals surface area contributed by atoms with Gasteiger partial charge in [-0.15, -0.1) is 0 Å². The zero-order chi connectivity index (χ0) is 9.14. The smallest absolute Gasteiger partial charge is 0.166 e. The van der Waals surface area contributed by atoms with Crippen LogP contribution in [0.2, 0.25) is 0 Å². The van der Waals surface area contributed by atoms with Crippen LogP contribution in [0, 0.1) is 0 Å². The summed E-state index contributed by atoms with van der Waals surface area (Å²) < 4.78 is 5.16. The van der Waals surface area contributed by atoms with Gasteiger partial charge in [0, 0.05) is 0 Å². The molecule has 0 unspecified atom stereocenters. The second-order valence-electron chi connectivity index (χ2n) is 2.54. The van der Waals surface area contributed by atoms with Gasteiger partial charge in [0.1, 0.15) is 5.70 Å². The van der Waals surface area contributed by atoms with E-state index in [0.717, 1.165) is 22.9 Å². The van der Waals surface area contributed by atoms with Gasteiger partial charge >= 0.3 is 0 Å². The van der Waals surface area contributed by atoms with Gasteiger partial charge in [0.25, 0.3) is 0 Å². The van der Waals surface area contributed by atoms with Gasteiger partial charge in [0.05, 0.1) is 18.5 Å². The second-order valence-corrected chi connectivity index (χ2v) is 2.54. The van der Waals surface area contributed by atoms with Gasteiger partial charge in [-0.3, -0.25) is 4.99 Å². The summed E-state index contributed by atoms with van der Waals surface area (Å²) in [5, 5.41) is 0. The van der Waals surface area contributed by atoms with Gasteiger partial charge in [-0.2, -0.15) is 0 Å². The number of rotatable bonds is 2. The summed E-state index contributed by atoms with van der Waals surface area (Å²) in [5.74, 6) is 0.737. The van der Waals surface area contributed by atoms with Crippen LogP contribution in [0.1, 0.15) is 13.8 Å². The van der Waals surface area contributed by atoms with Gasteiger partial charge in [-0.25, -0.2) is 0 Å². The van der Waals surface area contributed by atoms with Crippen LogP contribution in [0.3, 0.4) is 0 Å². The van der Waals surface area contributed by atoms with E-state index in [9.17, 15) is 0 Å². The van der Waals surface area contributed by atoms with E-state index in [1.54, 1.807) is 7.11 Å². The molecule has 0 aromatic carbocycles. The molecule has 4 heteroatoms. The Morgan fingerprint density at radius 3 is 2.25 bits per heavy atom. The van der Waals surface area contributed by atoms with Gasteiger partial charge < -0.3 is 15.6 Å². The number of allylic oxidation sites excluding steroid dienone is 2. The minimum Gasteiger partial charge on any atom is -0.493 e. The molecule has 4 nitrogen and oxygen atoms in total. The Bertz CT molecular complexity index is 265. The molecule has 1 heterocycles. The van der Waals surface area contributed by atoms with E-state index in [4.69, 9.17) is 4.74 Å². The van der Waals surface area contributed by atoms with Crippen LogP contribution in [0.15, 0.2) is 27.8 Å². The van der Waals surface area contributed by atoms with Gasteiger partial charge in [0.15, 0.2) is 5.76 Å². The molecule has 0 aromatic heterocycles. The highest BCUT2D eigenvalue weighted by Crippen LogP contribution is 2.20. The van der Waals surface area contributed by atoms with Crippen molar-refractivity contribution in [2.24, 2.45) is 4.99 Å². The summed E-state index contributed by atoms with van der Waals surface area (Å²) in [5.41, 5.74) is 8.49. The monoisotopic (exact) mass is 167 g/mol. The predicted octanol–water partition coefficient (Wildman–Crippen LogP) is 0.904. The Kier molecular flexibility index (Phi) is 2.38. The first kappa shape index (κ1) is 8.64. The maximum Gasteiger partial charge on any atom is 0.166 e. The Balaban J connectivity index is 3.10. The zero-order valence-electron chi connectivity index (χ0n) is 7.56. The Labute approximate surface area is 72.0 Å². The lowest BCUT2D eigenvalue weighted by Crippen LogP contribution is -2.34. The molecule has 12 heavy (non-hydrogen) atoms. The summed E-state index contributed by atoms with van der Waals surface area (Å²) in [4.78, 5) is 3.88. The Hall–Kier alpha value is -1.45. The van der Waals surface area contributed by atoms with Crippen LogP contribution in [-0.2, 0) is 4.74 Å². The molecule has 0 spiro atoms. The first-order chi connectivity index (χ1) is 5.70. The van der Waals surface area contributed by atoms with E-state index in [1.165, 1.54) is 0 Å². The molecule has 0 radical (unpaired) electrons. The quantitative estimate of drug-likeness (QED) is 0.601. The molecule has 0 saturated carbocycles. The van der Waals surface area contributed by atoms with Crippen LogP contribution in [-0.4, -0.2) is 13.8 Å². The number of nitrogens with one attached hydrogen (secondary N) is 2. The molecule has 1 aliphatic heterocycles. The third-order valence-electron chi connectivity index (χ3n) is 1.71. The SMILES string of the molecule is C=NC1=C(C)NNC(C)=C1OC. The molecule has 0 aliphatic carbocycles. The van der Waals surface area contributed by atoms with E-state index >= 15 is 0 Å². The highest BCUT2D eigenvalue weighted by atomic mass is 16.5. The largest absolute Gasteiger partial charge is 0.493 e. The molecule has 0 saturated heterocycles. The van der Waals surface area contributed by atoms with Crippen molar-refractivity contribution < 1.29 is 4.74 Å². The number of nitrogens with zero attached hydrogens (tertiary/aromatic N) is 1. The molecule has 0 atom stereocenters. The van der Waals surface area contributed by atoms with Crippen molar-refractivity contribution in [3.63, 3.8) is 0 Å². The number of hydrazine groups is 1. The van der Waals surface area contributed by atoms with Crippen molar-refractivity contribution in [1.29, 1.82) is 0 Å². The lowest BCUT2D eigenvalue weighted by atomic mass is 10.2. The standard InChI is InChI=1S/C8H13N3O/c1-5-7(9-3)8(12-4)6(2)11-10-5/h10-11H,3H2,1-2,4H3. The molecule has 0 aromatic rings. The third-order valence-corrected chi connectivity index (χ3v) is 1.71. The molecule has 0 amide bonds. The lowest BCUT2D eigenvalue weighted by Gasteiger charge is -2.22. The number of hydrogen-bond donors (Lipinski definition) is 2. The fraction of sp³-hybridized carbons (Fsp3) is 0.375. The van der Waals surface area contributed by atoms with E-state index in [-0.39, 0.29) is 0 Å². The Morgan fingerprint density at radius 1 is 1.25 bits per heavy atom. The summed E-state index contributed by atoms with van der Waals surface area (Å²) in [6.07, 6.45) is 0. The summed E-state index contributed by atoms with van der Waals surface area (Å²) in [7, 11) is 1.62. The van der Waals surface area contributed by atoms with Crippen LogP contribution >= 0.6 is 0 Å². The predicted molar refractivity (Wildman–Crippen MR) is 48.2 cm³/mol. The maximum absolute atomic E-state index is 5.16. The summed E-state index contributed by atoms with van der Waals surface area (Å²) in [6, 6.07) is 0. The van der Waals surface area contributed by atoms with Crippen molar-refractivity contribution in [3.8, 4) is 0 Å². The number of ether oxygens (including phenoxy) is 1. The van der Waals surface area contributed by atoms with Crippen LogP contribution in [0.5, 0.6) is 0 Å². The molecule has 0 bridgehead atoms. The van der Waals surface area contributed by atoms with Crippen molar-refractivity contribution in [1.82, 2.24) is 10.9 Å². The van der Waals surface area contributed by atoms with Gasteiger partial charge in [0.2, 0.25) is 0 Å². The Morgan fingerprint density at radius 2 is 1.83 bits per heavy atom. The topological polar surface area (TPSA) is 45.7 Å². The number of aliphatic imine (C=N–C) groups is 1. The van der Waals surface area contributed by atoms with Crippen molar-refractivity contribution in [2.45, 2.75) is 13.8 Å². The van der Waals surface area contributed by atoms with E-state index in [2.05, 4.69) is 22.6 Å². The van der Waals surface area contributed by atoms with Gasteiger partial charge in [-0.05, 0) is 20.6 Å². The van der Waals surface area contributed by atoms with Gasteiger partial charge in [-0.1, -0.05) is 0 Å². The average Bonchev–Trinajstić information content (AvgIpc) is 2.08. The normalized spacial score (nSPS) is 16.9. The molecular weight excluding hydrogens is 154 g/mol. The van der Waals surface area contributed by atoms with Crippen LogP contribution in [0.25, 0.3) is 0 Å². The minimum absolute atomic E-state index is 0.737. The molecule has 1 aliphatic rings. The molecule has 2 N–H and O–H groups in total. The molecular formula is C8H13N3O. The maximum atomic E-state index is 5.16. The molecule has 1 rings (SSSR count). The van der Waals surface area contributed by atoms with Crippen LogP contribution < -0.4 is 10.9 Å². The summed E-state index contributed by atoms with van der Waals surface area (Å²) in [6.45, 7) is 7.29. The highest BCUT2D eigenvalue weighted by molar-refractivity contribution is 5.41. The zero-order valence-corrected chi connectivity index (χ0v) is 7.56. The number of methoxy groups -OCH3 is 1. The molecule has 66 valence electrons. The third kappa shape index (κ3) is 1.28. The minimum atomic E-state index is 0.737. The fourth-order valence-electron chi connectivity index (χ4n) is 1.09.